The second-order valence-electron chi connectivity index (χ2n) is 4.88. The second kappa shape index (κ2) is 5.02. The number of para-hydroxylation sites is 1. The zero-order valence-corrected chi connectivity index (χ0v) is 10.5. The Bertz CT molecular complexity index is 394. The predicted octanol–water partition coefficient (Wildman–Crippen LogP) is 1.54. The summed E-state index contributed by atoms with van der Waals surface area (Å²) in [7, 11) is 2.14. The molecule has 1 aliphatic rings. The van der Waals surface area contributed by atoms with Crippen LogP contribution in [0.25, 0.3) is 0 Å². The van der Waals surface area contributed by atoms with Gasteiger partial charge in [0.15, 0.2) is 0 Å². The van der Waals surface area contributed by atoms with Crippen LogP contribution >= 0.6 is 0 Å². The summed E-state index contributed by atoms with van der Waals surface area (Å²) in [6.07, 6.45) is 0. The third kappa shape index (κ3) is 2.76. The van der Waals surface area contributed by atoms with Gasteiger partial charge in [0.1, 0.15) is 5.82 Å². The van der Waals surface area contributed by atoms with E-state index in [0.717, 1.165) is 31.7 Å². The van der Waals surface area contributed by atoms with E-state index in [9.17, 15) is 4.39 Å². The van der Waals surface area contributed by atoms with Gasteiger partial charge in [0.25, 0.3) is 0 Å². The fourth-order valence-corrected chi connectivity index (χ4v) is 2.23. The molecule has 0 radical (unpaired) electrons. The van der Waals surface area contributed by atoms with Crippen LogP contribution < -0.4 is 5.73 Å². The molecule has 0 aliphatic carbocycles. The Morgan fingerprint density at radius 2 is 2.18 bits per heavy atom. The second-order valence-corrected chi connectivity index (χ2v) is 4.88. The van der Waals surface area contributed by atoms with E-state index in [0.29, 0.717) is 11.7 Å². The average Bonchev–Trinajstić information content (AvgIpc) is 2.30. The molecule has 0 saturated carbocycles. The molecule has 3 nitrogen and oxygen atoms in total. The van der Waals surface area contributed by atoms with E-state index in [4.69, 9.17) is 5.73 Å². The normalized spacial score (nSPS) is 22.9. The van der Waals surface area contributed by atoms with Crippen LogP contribution in [0.15, 0.2) is 18.2 Å². The Morgan fingerprint density at radius 1 is 1.41 bits per heavy atom. The van der Waals surface area contributed by atoms with E-state index < -0.39 is 0 Å². The first-order chi connectivity index (χ1) is 8.08. The zero-order chi connectivity index (χ0) is 12.4. The molecule has 1 aliphatic heterocycles. The lowest BCUT2D eigenvalue weighted by molar-refractivity contribution is 0.100. The maximum atomic E-state index is 13.3. The molecule has 0 amide bonds. The minimum absolute atomic E-state index is 0.291. The van der Waals surface area contributed by atoms with Crippen molar-refractivity contribution in [2.24, 2.45) is 0 Å². The van der Waals surface area contributed by atoms with Crippen molar-refractivity contribution in [3.05, 3.63) is 29.6 Å². The van der Waals surface area contributed by atoms with Gasteiger partial charge in [0, 0.05) is 32.2 Å². The van der Waals surface area contributed by atoms with E-state index in [1.54, 1.807) is 6.07 Å². The highest BCUT2D eigenvalue weighted by molar-refractivity contribution is 5.47. The minimum atomic E-state index is -0.315. The molecule has 17 heavy (non-hydrogen) atoms. The van der Waals surface area contributed by atoms with Crippen molar-refractivity contribution in [1.29, 1.82) is 0 Å². The zero-order valence-electron chi connectivity index (χ0n) is 10.5. The molecule has 1 atom stereocenters. The number of hydrogen-bond donors (Lipinski definition) is 1. The Morgan fingerprint density at radius 3 is 2.88 bits per heavy atom. The van der Waals surface area contributed by atoms with Crippen LogP contribution in [0.2, 0.25) is 0 Å². The molecule has 2 rings (SSSR count). The van der Waals surface area contributed by atoms with Crippen LogP contribution in [0.5, 0.6) is 0 Å². The van der Waals surface area contributed by atoms with Crippen molar-refractivity contribution in [2.45, 2.75) is 19.5 Å². The largest absolute Gasteiger partial charge is 0.396 e. The fraction of sp³-hybridized carbons (Fsp3) is 0.538. The van der Waals surface area contributed by atoms with Gasteiger partial charge in [-0.05, 0) is 25.6 Å². The lowest BCUT2D eigenvalue weighted by Gasteiger charge is -2.37. The summed E-state index contributed by atoms with van der Waals surface area (Å²) < 4.78 is 13.3. The molecule has 1 aromatic carbocycles. The third-order valence-corrected chi connectivity index (χ3v) is 3.58. The van der Waals surface area contributed by atoms with Crippen LogP contribution in [0.1, 0.15) is 12.5 Å². The first-order valence-corrected chi connectivity index (χ1v) is 6.03. The summed E-state index contributed by atoms with van der Waals surface area (Å²) in [4.78, 5) is 4.67. The summed E-state index contributed by atoms with van der Waals surface area (Å²) in [5.41, 5.74) is 6.93. The van der Waals surface area contributed by atoms with E-state index in [2.05, 4.69) is 23.8 Å². The smallest absolute Gasteiger partial charge is 0.146 e. The first kappa shape index (κ1) is 12.3. The van der Waals surface area contributed by atoms with Gasteiger partial charge in [-0.3, -0.25) is 4.90 Å². The number of anilines is 1. The molecular weight excluding hydrogens is 217 g/mol. The monoisotopic (exact) mass is 237 g/mol. The number of halogens is 1. The summed E-state index contributed by atoms with van der Waals surface area (Å²) >= 11 is 0. The van der Waals surface area contributed by atoms with Crippen LogP contribution in [-0.4, -0.2) is 42.5 Å². The van der Waals surface area contributed by atoms with E-state index in [1.165, 1.54) is 6.07 Å². The molecule has 94 valence electrons. The van der Waals surface area contributed by atoms with Crippen LogP contribution in [0, 0.1) is 5.82 Å². The van der Waals surface area contributed by atoms with E-state index in [-0.39, 0.29) is 5.82 Å². The highest BCUT2D eigenvalue weighted by Gasteiger charge is 2.21. The Hall–Kier alpha value is -1.13. The molecule has 0 aromatic heterocycles. The van der Waals surface area contributed by atoms with Crippen molar-refractivity contribution in [3.8, 4) is 0 Å². The average molecular weight is 237 g/mol. The number of hydrogen-bond acceptors (Lipinski definition) is 3. The van der Waals surface area contributed by atoms with Gasteiger partial charge >= 0.3 is 0 Å². The Balaban J connectivity index is 2.04. The van der Waals surface area contributed by atoms with Gasteiger partial charge in [0.2, 0.25) is 0 Å². The molecule has 1 heterocycles. The molecule has 1 unspecified atom stereocenters. The summed E-state index contributed by atoms with van der Waals surface area (Å²) in [5.74, 6) is -0.315. The number of piperazine rings is 1. The quantitative estimate of drug-likeness (QED) is 0.792. The maximum absolute atomic E-state index is 13.3. The molecule has 1 aromatic rings. The van der Waals surface area contributed by atoms with Gasteiger partial charge in [0.05, 0.1) is 5.69 Å². The topological polar surface area (TPSA) is 32.5 Å². The maximum Gasteiger partial charge on any atom is 0.146 e. The molecule has 4 heteroatoms. The lowest BCUT2D eigenvalue weighted by Crippen LogP contribution is -2.49. The number of nitrogens with zero attached hydrogens (tertiary/aromatic N) is 2. The van der Waals surface area contributed by atoms with Crippen LogP contribution in [-0.2, 0) is 6.54 Å². The minimum Gasteiger partial charge on any atom is -0.396 e. The SMILES string of the molecule is CC1CN(Cc2cccc(F)c2N)CCN1C. The highest BCUT2D eigenvalue weighted by Crippen LogP contribution is 2.19. The molecular formula is C13H20FN3. The van der Waals surface area contributed by atoms with Gasteiger partial charge in [-0.25, -0.2) is 4.39 Å². The third-order valence-electron chi connectivity index (χ3n) is 3.58. The number of nitrogens with two attached hydrogens (primary N) is 1. The van der Waals surface area contributed by atoms with Gasteiger partial charge in [-0.15, -0.1) is 0 Å². The van der Waals surface area contributed by atoms with Crippen molar-refractivity contribution in [3.63, 3.8) is 0 Å². The van der Waals surface area contributed by atoms with E-state index >= 15 is 0 Å². The standard InChI is InChI=1S/C13H20FN3/c1-10-8-17(7-6-16(10)2)9-11-4-3-5-12(14)13(11)15/h3-5,10H,6-9,15H2,1-2H3. The van der Waals surface area contributed by atoms with Crippen molar-refractivity contribution in [2.75, 3.05) is 32.4 Å². The molecule has 1 saturated heterocycles. The van der Waals surface area contributed by atoms with Crippen molar-refractivity contribution in [1.82, 2.24) is 9.80 Å². The Labute approximate surface area is 102 Å². The number of rotatable bonds is 2. The number of benzene rings is 1. The fourth-order valence-electron chi connectivity index (χ4n) is 2.23. The van der Waals surface area contributed by atoms with Gasteiger partial charge < -0.3 is 10.6 Å². The summed E-state index contributed by atoms with van der Waals surface area (Å²) in [6, 6.07) is 5.58. The lowest BCUT2D eigenvalue weighted by atomic mass is 10.1. The molecule has 0 bridgehead atoms. The van der Waals surface area contributed by atoms with Gasteiger partial charge in [-0.2, -0.15) is 0 Å². The molecule has 1 fully saturated rings. The van der Waals surface area contributed by atoms with Crippen LogP contribution in [0.3, 0.4) is 0 Å². The highest BCUT2D eigenvalue weighted by atomic mass is 19.1. The predicted molar refractivity (Wildman–Crippen MR) is 68.2 cm³/mol. The number of nitrogen functional groups attached to an aromatic ring is 1. The molecule has 2 N–H and O–H groups in total. The summed E-state index contributed by atoms with van der Waals surface area (Å²) in [6.45, 7) is 6.02. The van der Waals surface area contributed by atoms with E-state index in [1.807, 2.05) is 6.07 Å². The van der Waals surface area contributed by atoms with Gasteiger partial charge in [-0.1, -0.05) is 12.1 Å². The molecule has 0 spiro atoms. The van der Waals surface area contributed by atoms with Crippen molar-refractivity contribution < 1.29 is 4.39 Å². The van der Waals surface area contributed by atoms with Crippen molar-refractivity contribution >= 4 is 5.69 Å². The first-order valence-electron chi connectivity index (χ1n) is 6.03. The van der Waals surface area contributed by atoms with Crippen LogP contribution in [0.4, 0.5) is 10.1 Å². The number of likely N-dealkylation sites (N-methyl/N-ethyl adjacent to an activating group) is 1. The Kier molecular flexibility index (Phi) is 3.64. The summed E-state index contributed by atoms with van der Waals surface area (Å²) in [5, 5.41) is 0.